The first-order valence-electron chi connectivity index (χ1n) is 23.6. The highest BCUT2D eigenvalue weighted by Crippen LogP contribution is 2.50. The molecule has 0 aliphatic carbocycles. The highest BCUT2D eigenvalue weighted by atomic mass is 16.5. The second-order valence-corrected chi connectivity index (χ2v) is 14.5. The Morgan fingerprint density at radius 2 is 1.14 bits per heavy atom. The van der Waals surface area contributed by atoms with Crippen molar-refractivity contribution in [1.29, 1.82) is 0 Å². The minimum atomic E-state index is -0.583. The Labute approximate surface area is 349 Å². The Bertz CT molecular complexity index is 3650. The topological polar surface area (TPSA) is 25.6 Å². The van der Waals surface area contributed by atoms with Gasteiger partial charge >= 0.3 is 0 Å². The van der Waals surface area contributed by atoms with Crippen LogP contribution in [0.4, 0.5) is 17.1 Å². The molecule has 0 saturated carbocycles. The molecule has 3 nitrogen and oxygen atoms in total. The molecule has 3 heterocycles. The zero-order valence-electron chi connectivity index (χ0n) is 39.8. The van der Waals surface area contributed by atoms with E-state index in [-0.39, 0.29) is 52.3 Å². The molecule has 58 heavy (non-hydrogen) atoms. The number of para-hydroxylation sites is 2. The minimum absolute atomic E-state index is 0.0205. The van der Waals surface area contributed by atoms with Gasteiger partial charge in [0.15, 0.2) is 11.3 Å². The zero-order chi connectivity index (χ0) is 46.0. The molecule has 0 N–H and O–H groups in total. The lowest BCUT2D eigenvalue weighted by atomic mass is 9.34. The Morgan fingerprint density at radius 1 is 0.466 bits per heavy atom. The number of hydrogen-bond donors (Lipinski definition) is 0. The first kappa shape index (κ1) is 24.9. The summed E-state index contributed by atoms with van der Waals surface area (Å²) in [4.78, 5) is 2.27. The maximum atomic E-state index is 9.05. The van der Waals surface area contributed by atoms with E-state index in [1.807, 2.05) is 103 Å². The molecule has 0 amide bonds. The molecule has 9 aromatic carbocycles. The molecule has 270 valence electrons. The van der Waals surface area contributed by atoms with E-state index in [1.165, 1.54) is 0 Å². The number of nitrogens with zero attached hydrogens (tertiary/aromatic N) is 1. The molecule has 0 spiro atoms. The number of hydrogen-bond acceptors (Lipinski definition) is 3. The van der Waals surface area contributed by atoms with Gasteiger partial charge in [0, 0.05) is 33.3 Å². The van der Waals surface area contributed by atoms with Crippen LogP contribution < -0.4 is 26.0 Å². The van der Waals surface area contributed by atoms with Crippen molar-refractivity contribution in [2.45, 2.75) is 0 Å². The molecule has 12 rings (SSSR count). The van der Waals surface area contributed by atoms with Gasteiger partial charge in [-0.15, -0.1) is 0 Å². The van der Waals surface area contributed by atoms with Crippen LogP contribution in [-0.2, 0) is 0 Å². The summed E-state index contributed by atoms with van der Waals surface area (Å²) in [5.41, 5.74) is 11.3. The number of anilines is 3. The maximum Gasteiger partial charge on any atom is 0.256 e. The summed E-state index contributed by atoms with van der Waals surface area (Å²) in [7, 11) is 0. The lowest BCUT2D eigenvalue weighted by Crippen LogP contribution is -2.59. The van der Waals surface area contributed by atoms with Gasteiger partial charge in [-0.05, 0) is 74.0 Å². The Balaban J connectivity index is 1.23. The van der Waals surface area contributed by atoms with E-state index < -0.39 is 30.9 Å². The van der Waals surface area contributed by atoms with Crippen LogP contribution in [0.15, 0.2) is 210 Å². The van der Waals surface area contributed by atoms with Crippen molar-refractivity contribution in [3.8, 4) is 56.0 Å². The average Bonchev–Trinajstić information content (AvgIpc) is 3.77. The van der Waals surface area contributed by atoms with E-state index in [2.05, 4.69) is 53.4 Å². The fourth-order valence-corrected chi connectivity index (χ4v) is 8.83. The summed E-state index contributed by atoms with van der Waals surface area (Å²) in [5, 5.41) is 0.722. The van der Waals surface area contributed by atoms with Crippen LogP contribution in [0.25, 0.3) is 66.4 Å². The lowest BCUT2D eigenvalue weighted by molar-refractivity contribution is 0.481. The Hall–Kier alpha value is -7.56. The standard InChI is InChI=1S/C54H34BNO2/c1-5-16-35(17-6-1)39-28-31-47-46(32-39)55-45-30-29-44-43-24-13-14-27-49(43)57-53(44)54(45)58-50-34-40(36-18-7-2-8-19-36)33-48(51(50)55)56(47)52-41(37-20-9-3-10-21-37)25-15-26-42(52)38-22-11-4-12-23-38/h1-34H/i1D,5D,6D,13D,14D,16D,17D,24D,27D. The number of ether oxygens (including phenoxy) is 1. The Morgan fingerprint density at radius 3 is 1.86 bits per heavy atom. The summed E-state index contributed by atoms with van der Waals surface area (Å²) in [6, 6.07) is 47.2. The van der Waals surface area contributed by atoms with E-state index in [0.29, 0.717) is 27.9 Å². The van der Waals surface area contributed by atoms with Crippen LogP contribution >= 0.6 is 0 Å². The van der Waals surface area contributed by atoms with Crippen LogP contribution in [0.5, 0.6) is 11.5 Å². The van der Waals surface area contributed by atoms with Crippen LogP contribution in [0.1, 0.15) is 12.3 Å². The maximum absolute atomic E-state index is 9.05. The van der Waals surface area contributed by atoms with Gasteiger partial charge in [0.25, 0.3) is 6.71 Å². The van der Waals surface area contributed by atoms with Gasteiger partial charge in [-0.25, -0.2) is 0 Å². The third kappa shape index (κ3) is 5.02. The highest BCUT2D eigenvalue weighted by molar-refractivity contribution is 6.99. The summed E-state index contributed by atoms with van der Waals surface area (Å²) < 4.78 is 91.9. The predicted octanol–water partition coefficient (Wildman–Crippen LogP) is 12.7. The van der Waals surface area contributed by atoms with Gasteiger partial charge in [0.05, 0.1) is 18.0 Å². The number of furan rings is 1. The average molecular weight is 749 g/mol. The van der Waals surface area contributed by atoms with Crippen LogP contribution in [0.2, 0.25) is 0 Å². The molecule has 1 aromatic heterocycles. The second-order valence-electron chi connectivity index (χ2n) is 14.5. The summed E-state index contributed by atoms with van der Waals surface area (Å²) in [6.07, 6.45) is 0. The summed E-state index contributed by atoms with van der Waals surface area (Å²) in [5.74, 6) is 0.866. The first-order chi connectivity index (χ1) is 32.5. The largest absolute Gasteiger partial charge is 0.454 e. The molecule has 0 atom stereocenters. The molecule has 2 aliphatic heterocycles. The van der Waals surface area contributed by atoms with Gasteiger partial charge in [0.2, 0.25) is 0 Å². The van der Waals surface area contributed by atoms with Gasteiger partial charge in [-0.2, -0.15) is 0 Å². The number of rotatable bonds is 5. The van der Waals surface area contributed by atoms with Gasteiger partial charge in [0.1, 0.15) is 11.3 Å². The molecule has 0 bridgehead atoms. The van der Waals surface area contributed by atoms with Crippen LogP contribution in [0.3, 0.4) is 0 Å². The molecular weight excluding hydrogens is 705 g/mol. The van der Waals surface area contributed by atoms with E-state index in [9.17, 15) is 0 Å². The lowest BCUT2D eigenvalue weighted by Gasteiger charge is -2.42. The SMILES string of the molecule is [2H]c1c([2H])c([2H])c(-c2ccc3c(c2)B2c4ccc5c(oc6c([2H])c([2H])c([2H])c([2H])c65)c4Oc4cc(-c5ccccc5)cc(c42)N3c2c(-c3ccccc3)cccc2-c2ccccc2)c([2H])c1[2H]. The predicted molar refractivity (Wildman–Crippen MR) is 241 cm³/mol. The third-order valence-electron chi connectivity index (χ3n) is 11.3. The zero-order valence-corrected chi connectivity index (χ0v) is 30.8. The van der Waals surface area contributed by atoms with E-state index in [1.54, 1.807) is 0 Å². The van der Waals surface area contributed by atoms with E-state index in [4.69, 9.17) is 21.5 Å². The van der Waals surface area contributed by atoms with Crippen molar-refractivity contribution < 1.29 is 21.5 Å². The molecule has 4 heteroatoms. The summed E-state index contributed by atoms with van der Waals surface area (Å²) in [6.45, 7) is -0.583. The smallest absolute Gasteiger partial charge is 0.256 e. The second kappa shape index (κ2) is 13.0. The fraction of sp³-hybridized carbons (Fsp3) is 0. The van der Waals surface area contributed by atoms with Gasteiger partial charge < -0.3 is 14.1 Å². The quantitative estimate of drug-likeness (QED) is 0.164. The van der Waals surface area contributed by atoms with E-state index in [0.717, 1.165) is 61.4 Å². The van der Waals surface area contributed by atoms with Crippen molar-refractivity contribution in [2.24, 2.45) is 0 Å². The van der Waals surface area contributed by atoms with Crippen LogP contribution in [0, 0.1) is 0 Å². The molecular formula is C54H34BNO2. The van der Waals surface area contributed by atoms with Gasteiger partial charge in [-0.3, -0.25) is 0 Å². The fourth-order valence-electron chi connectivity index (χ4n) is 8.83. The van der Waals surface area contributed by atoms with Crippen molar-refractivity contribution in [3.05, 3.63) is 206 Å². The molecule has 0 radical (unpaired) electrons. The molecule has 0 fully saturated rings. The minimum Gasteiger partial charge on any atom is -0.454 e. The normalized spacial score (nSPS) is 14.7. The monoisotopic (exact) mass is 748 g/mol. The number of benzene rings is 9. The van der Waals surface area contributed by atoms with Crippen LogP contribution in [-0.4, -0.2) is 6.71 Å². The number of fused-ring (bicyclic) bond motifs is 8. The van der Waals surface area contributed by atoms with E-state index >= 15 is 0 Å². The highest BCUT2D eigenvalue weighted by Gasteiger charge is 2.44. The molecule has 0 unspecified atom stereocenters. The van der Waals surface area contributed by atoms with Crippen molar-refractivity contribution in [2.75, 3.05) is 4.90 Å². The first-order valence-corrected chi connectivity index (χ1v) is 19.1. The third-order valence-corrected chi connectivity index (χ3v) is 11.3. The van der Waals surface area contributed by atoms with Crippen molar-refractivity contribution in [1.82, 2.24) is 0 Å². The van der Waals surface area contributed by atoms with Crippen molar-refractivity contribution >= 4 is 62.1 Å². The summed E-state index contributed by atoms with van der Waals surface area (Å²) >= 11 is 0. The van der Waals surface area contributed by atoms with Crippen molar-refractivity contribution in [3.63, 3.8) is 0 Å². The van der Waals surface area contributed by atoms with Gasteiger partial charge in [-0.1, -0.05) is 182 Å². The molecule has 0 saturated heterocycles. The molecule has 10 aromatic rings. The molecule has 2 aliphatic rings. The Kier molecular flexibility index (Phi) is 5.57.